The number of pyridine rings is 1. The van der Waals surface area contributed by atoms with Crippen LogP contribution in [0.5, 0.6) is 0 Å². The number of nitrogens with one attached hydrogen (secondary N) is 1. The fourth-order valence-corrected chi connectivity index (χ4v) is 2.25. The standard InChI is InChI=1S/C13H16N2O3S/c1-10(2)19(16,17)15-9-11-5-3-7-14-13(11)12-6-4-8-18-12/h3-8,10,15H,9H2,1-2H3. The van der Waals surface area contributed by atoms with Gasteiger partial charge in [0.2, 0.25) is 10.0 Å². The SMILES string of the molecule is CC(C)S(=O)(=O)NCc1cccnc1-c1ccco1. The normalized spacial score (nSPS) is 11.9. The molecule has 6 heteroatoms. The van der Waals surface area contributed by atoms with Gasteiger partial charge in [-0.05, 0) is 37.6 Å². The number of hydrogen-bond donors (Lipinski definition) is 1. The molecule has 0 amide bonds. The summed E-state index contributed by atoms with van der Waals surface area (Å²) < 4.78 is 31.4. The maximum Gasteiger partial charge on any atom is 0.214 e. The van der Waals surface area contributed by atoms with Crippen LogP contribution in [0.25, 0.3) is 11.5 Å². The molecule has 0 aliphatic carbocycles. The fourth-order valence-electron chi connectivity index (χ4n) is 1.56. The van der Waals surface area contributed by atoms with Crippen LogP contribution in [0, 0.1) is 0 Å². The first kappa shape index (κ1) is 13.8. The molecule has 0 spiro atoms. The topological polar surface area (TPSA) is 72.2 Å². The molecule has 2 aromatic heterocycles. The van der Waals surface area contributed by atoms with E-state index in [4.69, 9.17) is 4.42 Å². The summed E-state index contributed by atoms with van der Waals surface area (Å²) in [6, 6.07) is 7.16. The van der Waals surface area contributed by atoms with E-state index in [1.807, 2.05) is 6.07 Å². The van der Waals surface area contributed by atoms with E-state index in [1.54, 1.807) is 44.5 Å². The lowest BCUT2D eigenvalue weighted by atomic mass is 10.1. The summed E-state index contributed by atoms with van der Waals surface area (Å²) in [4.78, 5) is 4.24. The van der Waals surface area contributed by atoms with Gasteiger partial charge in [-0.25, -0.2) is 13.1 Å². The van der Waals surface area contributed by atoms with Crippen LogP contribution in [0.4, 0.5) is 0 Å². The molecule has 0 unspecified atom stereocenters. The summed E-state index contributed by atoms with van der Waals surface area (Å²) in [6.07, 6.45) is 3.21. The minimum atomic E-state index is -3.29. The molecule has 19 heavy (non-hydrogen) atoms. The molecular weight excluding hydrogens is 264 g/mol. The number of hydrogen-bond acceptors (Lipinski definition) is 4. The van der Waals surface area contributed by atoms with Crippen LogP contribution in [0.2, 0.25) is 0 Å². The lowest BCUT2D eigenvalue weighted by molar-refractivity contribution is 0.569. The molecule has 0 bridgehead atoms. The van der Waals surface area contributed by atoms with Gasteiger partial charge in [-0.3, -0.25) is 4.98 Å². The second-order valence-electron chi connectivity index (χ2n) is 4.40. The maximum absolute atomic E-state index is 11.7. The van der Waals surface area contributed by atoms with Crippen LogP contribution in [0.15, 0.2) is 41.1 Å². The van der Waals surface area contributed by atoms with Crippen LogP contribution in [-0.4, -0.2) is 18.7 Å². The second-order valence-corrected chi connectivity index (χ2v) is 6.72. The molecular formula is C13H16N2O3S. The Morgan fingerprint density at radius 2 is 2.11 bits per heavy atom. The van der Waals surface area contributed by atoms with Gasteiger partial charge in [0.05, 0.1) is 11.5 Å². The monoisotopic (exact) mass is 280 g/mol. The smallest absolute Gasteiger partial charge is 0.214 e. The van der Waals surface area contributed by atoms with Crippen molar-refractivity contribution in [3.8, 4) is 11.5 Å². The van der Waals surface area contributed by atoms with Crippen molar-refractivity contribution >= 4 is 10.0 Å². The number of rotatable bonds is 5. The Labute approximate surface area is 112 Å². The molecule has 0 aliphatic heterocycles. The largest absolute Gasteiger partial charge is 0.463 e. The van der Waals surface area contributed by atoms with Gasteiger partial charge in [-0.15, -0.1) is 0 Å². The van der Waals surface area contributed by atoms with Crippen LogP contribution in [0.1, 0.15) is 19.4 Å². The molecule has 0 saturated carbocycles. The summed E-state index contributed by atoms with van der Waals surface area (Å²) in [5, 5.41) is -0.462. The number of nitrogens with zero attached hydrogens (tertiary/aromatic N) is 1. The average molecular weight is 280 g/mol. The van der Waals surface area contributed by atoms with E-state index in [0.717, 1.165) is 5.56 Å². The molecule has 2 aromatic rings. The van der Waals surface area contributed by atoms with Crippen LogP contribution < -0.4 is 4.72 Å². The van der Waals surface area contributed by atoms with Gasteiger partial charge in [0, 0.05) is 12.7 Å². The van der Waals surface area contributed by atoms with Gasteiger partial charge >= 0.3 is 0 Å². The van der Waals surface area contributed by atoms with E-state index >= 15 is 0 Å². The summed E-state index contributed by atoms with van der Waals surface area (Å²) in [5.74, 6) is 0.624. The maximum atomic E-state index is 11.7. The Bertz CT molecular complexity index is 634. The van der Waals surface area contributed by atoms with Gasteiger partial charge in [0.1, 0.15) is 5.69 Å². The lowest BCUT2D eigenvalue weighted by Crippen LogP contribution is -2.30. The second kappa shape index (κ2) is 5.54. The number of sulfonamides is 1. The van der Waals surface area contributed by atoms with Crippen LogP contribution in [-0.2, 0) is 16.6 Å². The summed E-state index contributed by atoms with van der Waals surface area (Å²) in [7, 11) is -3.29. The zero-order valence-corrected chi connectivity index (χ0v) is 11.6. The minimum absolute atomic E-state index is 0.199. The van der Waals surface area contributed by atoms with E-state index < -0.39 is 15.3 Å². The van der Waals surface area contributed by atoms with Gasteiger partial charge in [0.15, 0.2) is 5.76 Å². The third-order valence-corrected chi connectivity index (χ3v) is 4.52. The van der Waals surface area contributed by atoms with Crippen molar-refractivity contribution in [1.29, 1.82) is 0 Å². The average Bonchev–Trinajstić information content (AvgIpc) is 2.90. The zero-order valence-electron chi connectivity index (χ0n) is 10.8. The molecule has 2 heterocycles. The van der Waals surface area contributed by atoms with E-state index in [2.05, 4.69) is 9.71 Å². The Hall–Kier alpha value is -1.66. The van der Waals surface area contributed by atoms with E-state index in [-0.39, 0.29) is 6.54 Å². The van der Waals surface area contributed by atoms with Gasteiger partial charge < -0.3 is 4.42 Å². The lowest BCUT2D eigenvalue weighted by Gasteiger charge is -2.11. The first-order valence-corrected chi connectivity index (χ1v) is 7.51. The molecule has 2 rings (SSSR count). The Kier molecular flexibility index (Phi) is 4.01. The van der Waals surface area contributed by atoms with Crippen molar-refractivity contribution in [3.63, 3.8) is 0 Å². The molecule has 0 aromatic carbocycles. The van der Waals surface area contributed by atoms with Crippen molar-refractivity contribution in [1.82, 2.24) is 9.71 Å². The molecule has 102 valence electrons. The molecule has 0 radical (unpaired) electrons. The molecule has 5 nitrogen and oxygen atoms in total. The van der Waals surface area contributed by atoms with Gasteiger partial charge in [0.25, 0.3) is 0 Å². The highest BCUT2D eigenvalue weighted by Crippen LogP contribution is 2.21. The molecule has 0 fully saturated rings. The highest BCUT2D eigenvalue weighted by molar-refractivity contribution is 7.90. The van der Waals surface area contributed by atoms with E-state index in [0.29, 0.717) is 11.5 Å². The molecule has 0 saturated heterocycles. The van der Waals surface area contributed by atoms with Crippen molar-refractivity contribution in [2.24, 2.45) is 0 Å². The Balaban J connectivity index is 2.23. The number of aromatic nitrogens is 1. The zero-order chi connectivity index (χ0) is 13.9. The predicted molar refractivity (Wildman–Crippen MR) is 72.8 cm³/mol. The quantitative estimate of drug-likeness (QED) is 0.911. The van der Waals surface area contributed by atoms with Crippen LogP contribution >= 0.6 is 0 Å². The van der Waals surface area contributed by atoms with E-state index in [1.165, 1.54) is 0 Å². The summed E-state index contributed by atoms with van der Waals surface area (Å²) >= 11 is 0. The number of furan rings is 1. The third kappa shape index (κ3) is 3.21. The fraction of sp³-hybridized carbons (Fsp3) is 0.308. The summed E-state index contributed by atoms with van der Waals surface area (Å²) in [5.41, 5.74) is 1.43. The van der Waals surface area contributed by atoms with E-state index in [9.17, 15) is 8.42 Å². The molecule has 0 aliphatic rings. The molecule has 0 atom stereocenters. The predicted octanol–water partition coefficient (Wildman–Crippen LogP) is 2.17. The Morgan fingerprint density at radius 1 is 1.32 bits per heavy atom. The Morgan fingerprint density at radius 3 is 2.74 bits per heavy atom. The first-order chi connectivity index (χ1) is 9.00. The van der Waals surface area contributed by atoms with Crippen LogP contribution in [0.3, 0.4) is 0 Å². The highest BCUT2D eigenvalue weighted by atomic mass is 32.2. The molecule has 1 N–H and O–H groups in total. The van der Waals surface area contributed by atoms with Crippen molar-refractivity contribution in [2.45, 2.75) is 25.6 Å². The third-order valence-electron chi connectivity index (χ3n) is 2.73. The van der Waals surface area contributed by atoms with Gasteiger partial charge in [-0.2, -0.15) is 0 Å². The van der Waals surface area contributed by atoms with Gasteiger partial charge in [-0.1, -0.05) is 6.07 Å². The van der Waals surface area contributed by atoms with Crippen molar-refractivity contribution in [2.75, 3.05) is 0 Å². The minimum Gasteiger partial charge on any atom is -0.463 e. The van der Waals surface area contributed by atoms with Crippen molar-refractivity contribution < 1.29 is 12.8 Å². The highest BCUT2D eigenvalue weighted by Gasteiger charge is 2.16. The first-order valence-electron chi connectivity index (χ1n) is 5.97. The van der Waals surface area contributed by atoms with Crippen molar-refractivity contribution in [3.05, 3.63) is 42.3 Å². The summed E-state index contributed by atoms with van der Waals surface area (Å²) in [6.45, 7) is 3.47.